The second-order valence-corrected chi connectivity index (χ2v) is 3.61. The number of hydrogen-bond acceptors (Lipinski definition) is 4. The van der Waals surface area contributed by atoms with E-state index in [-0.39, 0.29) is 0 Å². The van der Waals surface area contributed by atoms with Crippen molar-refractivity contribution in [3.8, 4) is 0 Å². The van der Waals surface area contributed by atoms with E-state index in [2.05, 4.69) is 10.1 Å². The van der Waals surface area contributed by atoms with Gasteiger partial charge >= 0.3 is 0 Å². The normalized spacial score (nSPS) is 11.0. The highest BCUT2D eigenvalue weighted by Gasteiger charge is 2.04. The lowest BCUT2D eigenvalue weighted by Crippen LogP contribution is -1.97. The molecule has 0 atom stereocenters. The van der Waals surface area contributed by atoms with Gasteiger partial charge in [-0.05, 0) is 18.2 Å². The maximum Gasteiger partial charge on any atom is 0.124 e. The van der Waals surface area contributed by atoms with E-state index in [1.807, 2.05) is 28.8 Å². The molecule has 3 rings (SSSR count). The standard InChI is InChI=1S/C11H10N4O/c12-8-1-2-11-10(5-8)13-7-15(11)6-9-3-4-16-14-9/h1-5,7H,6,12H2. The van der Waals surface area contributed by atoms with E-state index < -0.39 is 0 Å². The lowest BCUT2D eigenvalue weighted by molar-refractivity contribution is 0.410. The largest absolute Gasteiger partial charge is 0.399 e. The van der Waals surface area contributed by atoms with Crippen LogP contribution in [0.3, 0.4) is 0 Å². The minimum Gasteiger partial charge on any atom is -0.399 e. The number of rotatable bonds is 2. The molecule has 0 unspecified atom stereocenters. The van der Waals surface area contributed by atoms with E-state index in [0.717, 1.165) is 22.4 Å². The lowest BCUT2D eigenvalue weighted by atomic mass is 10.3. The molecule has 0 saturated heterocycles. The average Bonchev–Trinajstić information content (AvgIpc) is 2.89. The smallest absolute Gasteiger partial charge is 0.124 e. The summed E-state index contributed by atoms with van der Waals surface area (Å²) in [6.07, 6.45) is 3.34. The van der Waals surface area contributed by atoms with Crippen LogP contribution in [0.2, 0.25) is 0 Å². The fraction of sp³-hybridized carbons (Fsp3) is 0.0909. The maximum atomic E-state index is 5.69. The molecule has 2 aromatic heterocycles. The highest BCUT2D eigenvalue weighted by atomic mass is 16.5. The lowest BCUT2D eigenvalue weighted by Gasteiger charge is -2.00. The zero-order valence-electron chi connectivity index (χ0n) is 8.50. The van der Waals surface area contributed by atoms with Crippen LogP contribution in [0.25, 0.3) is 11.0 Å². The summed E-state index contributed by atoms with van der Waals surface area (Å²) < 4.78 is 6.80. The van der Waals surface area contributed by atoms with E-state index >= 15 is 0 Å². The predicted octanol–water partition coefficient (Wildman–Crippen LogP) is 1.65. The first-order chi connectivity index (χ1) is 7.83. The van der Waals surface area contributed by atoms with Crippen molar-refractivity contribution in [2.45, 2.75) is 6.54 Å². The number of hydrogen-bond donors (Lipinski definition) is 1. The number of imidazole rings is 1. The monoisotopic (exact) mass is 214 g/mol. The van der Waals surface area contributed by atoms with Crippen LogP contribution in [0.15, 0.2) is 41.4 Å². The van der Waals surface area contributed by atoms with Gasteiger partial charge in [0, 0.05) is 11.8 Å². The van der Waals surface area contributed by atoms with E-state index in [1.54, 1.807) is 12.6 Å². The minimum absolute atomic E-state index is 0.650. The minimum atomic E-state index is 0.650. The zero-order chi connectivity index (χ0) is 11.0. The van der Waals surface area contributed by atoms with Gasteiger partial charge in [0.25, 0.3) is 0 Å². The molecule has 16 heavy (non-hydrogen) atoms. The molecule has 5 heteroatoms. The summed E-state index contributed by atoms with van der Waals surface area (Å²) in [6, 6.07) is 7.51. The van der Waals surface area contributed by atoms with Gasteiger partial charge in [0.15, 0.2) is 0 Å². The van der Waals surface area contributed by atoms with E-state index in [4.69, 9.17) is 10.3 Å². The zero-order valence-corrected chi connectivity index (χ0v) is 8.50. The van der Waals surface area contributed by atoms with Gasteiger partial charge in [-0.25, -0.2) is 4.98 Å². The number of nitrogens with two attached hydrogens (primary N) is 1. The fourth-order valence-electron chi connectivity index (χ4n) is 1.70. The Kier molecular flexibility index (Phi) is 1.89. The first kappa shape index (κ1) is 8.96. The molecule has 5 nitrogen and oxygen atoms in total. The van der Waals surface area contributed by atoms with Crippen molar-refractivity contribution in [1.82, 2.24) is 14.7 Å². The molecule has 0 spiro atoms. The molecule has 0 aliphatic heterocycles. The van der Waals surface area contributed by atoms with Crippen molar-refractivity contribution in [1.29, 1.82) is 0 Å². The SMILES string of the molecule is Nc1ccc2c(c1)ncn2Cc1ccon1. The van der Waals surface area contributed by atoms with Gasteiger partial charge in [0.05, 0.1) is 23.9 Å². The van der Waals surface area contributed by atoms with Gasteiger partial charge in [-0.1, -0.05) is 5.16 Å². The molecule has 0 bridgehead atoms. The van der Waals surface area contributed by atoms with Crippen molar-refractivity contribution in [3.05, 3.63) is 42.5 Å². The van der Waals surface area contributed by atoms with Crippen LogP contribution in [0.1, 0.15) is 5.69 Å². The van der Waals surface area contributed by atoms with Crippen LogP contribution in [-0.4, -0.2) is 14.7 Å². The van der Waals surface area contributed by atoms with Crippen LogP contribution in [0, 0.1) is 0 Å². The molecule has 0 fully saturated rings. The van der Waals surface area contributed by atoms with Crippen molar-refractivity contribution < 1.29 is 4.52 Å². The van der Waals surface area contributed by atoms with Gasteiger partial charge in [-0.3, -0.25) is 0 Å². The molecule has 0 amide bonds. The molecule has 0 aliphatic carbocycles. The molecule has 0 radical (unpaired) electrons. The predicted molar refractivity (Wildman–Crippen MR) is 59.8 cm³/mol. The molecular formula is C11H10N4O. The second kappa shape index (κ2) is 3.37. The Morgan fingerprint density at radius 3 is 3.06 bits per heavy atom. The van der Waals surface area contributed by atoms with Crippen molar-refractivity contribution >= 4 is 16.7 Å². The highest BCUT2D eigenvalue weighted by molar-refractivity contribution is 5.78. The summed E-state index contributed by atoms with van der Waals surface area (Å²) in [5, 5.41) is 3.87. The molecule has 3 aromatic rings. The highest BCUT2D eigenvalue weighted by Crippen LogP contribution is 2.16. The summed E-state index contributed by atoms with van der Waals surface area (Å²) in [4.78, 5) is 4.28. The summed E-state index contributed by atoms with van der Waals surface area (Å²) in [6.45, 7) is 0.650. The van der Waals surface area contributed by atoms with Crippen LogP contribution in [0.5, 0.6) is 0 Å². The van der Waals surface area contributed by atoms with Crippen LogP contribution < -0.4 is 5.73 Å². The molecule has 0 aliphatic rings. The number of anilines is 1. The van der Waals surface area contributed by atoms with Crippen molar-refractivity contribution in [2.75, 3.05) is 5.73 Å². The van der Waals surface area contributed by atoms with E-state index in [1.165, 1.54) is 0 Å². The summed E-state index contributed by atoms with van der Waals surface area (Å²) in [7, 11) is 0. The fourth-order valence-corrected chi connectivity index (χ4v) is 1.70. The number of nitrogen functional groups attached to an aromatic ring is 1. The quantitative estimate of drug-likeness (QED) is 0.658. The summed E-state index contributed by atoms with van der Waals surface area (Å²) in [5.41, 5.74) is 9.22. The van der Waals surface area contributed by atoms with Gasteiger partial charge < -0.3 is 14.8 Å². The second-order valence-electron chi connectivity index (χ2n) is 3.61. The van der Waals surface area contributed by atoms with Crippen molar-refractivity contribution in [2.24, 2.45) is 0 Å². The maximum absolute atomic E-state index is 5.69. The topological polar surface area (TPSA) is 69.9 Å². The molecule has 2 heterocycles. The van der Waals surface area contributed by atoms with Gasteiger partial charge in [0.2, 0.25) is 0 Å². The summed E-state index contributed by atoms with van der Waals surface area (Å²) >= 11 is 0. The number of nitrogens with zero attached hydrogens (tertiary/aromatic N) is 3. The third-order valence-electron chi connectivity index (χ3n) is 2.47. The first-order valence-corrected chi connectivity index (χ1v) is 4.92. The molecule has 1 aromatic carbocycles. The van der Waals surface area contributed by atoms with Gasteiger partial charge in [0.1, 0.15) is 12.0 Å². The van der Waals surface area contributed by atoms with E-state index in [0.29, 0.717) is 6.54 Å². The van der Waals surface area contributed by atoms with Gasteiger partial charge in [-0.15, -0.1) is 0 Å². The first-order valence-electron chi connectivity index (χ1n) is 4.92. The third-order valence-corrected chi connectivity index (χ3v) is 2.47. The average molecular weight is 214 g/mol. The molecule has 0 saturated carbocycles. The van der Waals surface area contributed by atoms with Gasteiger partial charge in [-0.2, -0.15) is 0 Å². The summed E-state index contributed by atoms with van der Waals surface area (Å²) in [5.74, 6) is 0. The Morgan fingerprint density at radius 1 is 1.31 bits per heavy atom. The molecular weight excluding hydrogens is 204 g/mol. The van der Waals surface area contributed by atoms with Crippen LogP contribution >= 0.6 is 0 Å². The van der Waals surface area contributed by atoms with Crippen LogP contribution in [-0.2, 0) is 6.54 Å². The molecule has 2 N–H and O–H groups in total. The number of aromatic nitrogens is 3. The Bertz CT molecular complexity index is 612. The third kappa shape index (κ3) is 1.42. The Hall–Kier alpha value is -2.30. The van der Waals surface area contributed by atoms with Crippen LogP contribution in [0.4, 0.5) is 5.69 Å². The Balaban J connectivity index is 2.04. The Labute approximate surface area is 91.5 Å². The Morgan fingerprint density at radius 2 is 2.25 bits per heavy atom. The van der Waals surface area contributed by atoms with E-state index in [9.17, 15) is 0 Å². The molecule has 80 valence electrons. The number of fused-ring (bicyclic) bond motifs is 1. The number of benzene rings is 1. The van der Waals surface area contributed by atoms with Crippen molar-refractivity contribution in [3.63, 3.8) is 0 Å².